The first kappa shape index (κ1) is 22.9. The molecule has 5 rings (SSSR count). The standard InChI is InChI=1S/C31H29NO3/c1-35-31(34)28-20-27-19-25(22-11-5-2-6-12-22)17-18-26(27)21-32(28)30(33)29(23-13-7-3-8-14-23)24-15-9-4-10-16-24/h2-18,27-29H,19-21H2,1H3. The van der Waals surface area contributed by atoms with E-state index in [1.807, 2.05) is 78.9 Å². The molecule has 35 heavy (non-hydrogen) atoms. The van der Waals surface area contributed by atoms with Gasteiger partial charge in [-0.25, -0.2) is 4.79 Å². The molecule has 4 nitrogen and oxygen atoms in total. The van der Waals surface area contributed by atoms with E-state index in [2.05, 4.69) is 24.3 Å². The average Bonchev–Trinajstić information content (AvgIpc) is 2.93. The van der Waals surface area contributed by atoms with Gasteiger partial charge in [0.05, 0.1) is 13.0 Å². The molecular formula is C31H29NO3. The Hall–Kier alpha value is -3.92. The van der Waals surface area contributed by atoms with Crippen LogP contribution >= 0.6 is 0 Å². The zero-order valence-electron chi connectivity index (χ0n) is 19.8. The molecule has 3 aromatic carbocycles. The molecule has 1 fully saturated rings. The minimum absolute atomic E-state index is 0.0741. The molecule has 0 spiro atoms. The number of piperidine rings is 1. The number of rotatable bonds is 5. The summed E-state index contributed by atoms with van der Waals surface area (Å²) in [7, 11) is 1.40. The highest BCUT2D eigenvalue weighted by atomic mass is 16.5. The van der Waals surface area contributed by atoms with Gasteiger partial charge in [-0.05, 0) is 46.6 Å². The Labute approximate surface area is 206 Å². The fraction of sp³-hybridized carbons (Fsp3) is 0.226. The average molecular weight is 464 g/mol. The molecular weight excluding hydrogens is 434 g/mol. The third-order valence-electron chi connectivity index (χ3n) is 7.14. The van der Waals surface area contributed by atoms with Crippen LogP contribution in [0, 0.1) is 5.92 Å². The quantitative estimate of drug-likeness (QED) is 0.461. The number of fused-ring (bicyclic) bond motifs is 1. The molecule has 1 heterocycles. The zero-order valence-corrected chi connectivity index (χ0v) is 19.8. The summed E-state index contributed by atoms with van der Waals surface area (Å²) in [4.78, 5) is 28.9. The first-order chi connectivity index (χ1) is 17.2. The fourth-order valence-corrected chi connectivity index (χ4v) is 5.32. The van der Waals surface area contributed by atoms with Crippen molar-refractivity contribution in [2.75, 3.05) is 13.7 Å². The van der Waals surface area contributed by atoms with Crippen molar-refractivity contribution in [2.45, 2.75) is 24.8 Å². The van der Waals surface area contributed by atoms with Gasteiger partial charge in [-0.3, -0.25) is 4.79 Å². The van der Waals surface area contributed by atoms with Crippen LogP contribution in [-0.4, -0.2) is 36.5 Å². The zero-order chi connectivity index (χ0) is 24.2. The van der Waals surface area contributed by atoms with Crippen LogP contribution in [-0.2, 0) is 14.3 Å². The maximum atomic E-state index is 14.2. The summed E-state index contributed by atoms with van der Waals surface area (Å²) in [6, 6.07) is 29.3. The van der Waals surface area contributed by atoms with E-state index in [0.717, 1.165) is 17.5 Å². The van der Waals surface area contributed by atoms with Crippen LogP contribution in [0.3, 0.4) is 0 Å². The molecule has 1 aliphatic carbocycles. The molecule has 0 radical (unpaired) electrons. The van der Waals surface area contributed by atoms with Gasteiger partial charge in [-0.15, -0.1) is 0 Å². The van der Waals surface area contributed by atoms with Gasteiger partial charge < -0.3 is 9.64 Å². The van der Waals surface area contributed by atoms with Crippen molar-refractivity contribution < 1.29 is 14.3 Å². The molecule has 1 saturated heterocycles. The van der Waals surface area contributed by atoms with E-state index < -0.39 is 12.0 Å². The molecule has 2 atom stereocenters. The lowest BCUT2D eigenvalue weighted by molar-refractivity contribution is -0.154. The first-order valence-corrected chi connectivity index (χ1v) is 12.1. The minimum Gasteiger partial charge on any atom is -0.467 e. The Bertz CT molecular complexity index is 1210. The molecule has 4 heteroatoms. The monoisotopic (exact) mass is 463 g/mol. The number of allylic oxidation sites excluding steroid dienone is 3. The van der Waals surface area contributed by atoms with Gasteiger partial charge in [0.25, 0.3) is 0 Å². The number of methoxy groups -OCH3 is 1. The van der Waals surface area contributed by atoms with E-state index >= 15 is 0 Å². The predicted molar refractivity (Wildman–Crippen MR) is 137 cm³/mol. The Kier molecular flexibility index (Phi) is 6.62. The number of esters is 1. The van der Waals surface area contributed by atoms with Crippen LogP contribution < -0.4 is 0 Å². The molecule has 0 N–H and O–H groups in total. The van der Waals surface area contributed by atoms with Gasteiger partial charge >= 0.3 is 5.97 Å². The largest absolute Gasteiger partial charge is 0.467 e. The van der Waals surface area contributed by atoms with Crippen molar-refractivity contribution in [2.24, 2.45) is 5.92 Å². The van der Waals surface area contributed by atoms with E-state index in [1.165, 1.54) is 23.8 Å². The number of benzene rings is 3. The molecule has 0 bridgehead atoms. The Morgan fingerprint density at radius 1 is 0.829 bits per heavy atom. The number of carbonyl (C=O) groups excluding carboxylic acids is 2. The summed E-state index contributed by atoms with van der Waals surface area (Å²) in [5.74, 6) is -0.709. The number of hydrogen-bond donors (Lipinski definition) is 0. The van der Waals surface area contributed by atoms with Gasteiger partial charge in [0.2, 0.25) is 5.91 Å². The summed E-state index contributed by atoms with van der Waals surface area (Å²) in [6.45, 7) is 0.429. The number of ether oxygens (including phenoxy) is 1. The molecule has 0 saturated carbocycles. The van der Waals surface area contributed by atoms with Crippen molar-refractivity contribution in [3.8, 4) is 0 Å². The van der Waals surface area contributed by atoms with E-state index in [-0.39, 0.29) is 17.8 Å². The van der Waals surface area contributed by atoms with Crippen LogP contribution in [0.25, 0.3) is 5.57 Å². The molecule has 2 aliphatic rings. The number of likely N-dealkylation sites (tertiary alicyclic amines) is 1. The third-order valence-corrected chi connectivity index (χ3v) is 7.14. The van der Waals surface area contributed by atoms with Crippen molar-refractivity contribution in [3.63, 3.8) is 0 Å². The van der Waals surface area contributed by atoms with E-state index in [9.17, 15) is 9.59 Å². The van der Waals surface area contributed by atoms with Gasteiger partial charge in [0.15, 0.2) is 0 Å². The van der Waals surface area contributed by atoms with Crippen molar-refractivity contribution in [1.29, 1.82) is 0 Å². The number of nitrogens with zero attached hydrogens (tertiary/aromatic N) is 1. The minimum atomic E-state index is -0.611. The van der Waals surface area contributed by atoms with Crippen LogP contribution in [0.2, 0.25) is 0 Å². The van der Waals surface area contributed by atoms with Crippen molar-refractivity contribution >= 4 is 17.4 Å². The molecule has 176 valence electrons. The highest BCUT2D eigenvalue weighted by Crippen LogP contribution is 2.40. The summed E-state index contributed by atoms with van der Waals surface area (Å²) < 4.78 is 5.19. The maximum absolute atomic E-state index is 14.2. The Morgan fingerprint density at radius 2 is 1.40 bits per heavy atom. The lowest BCUT2D eigenvalue weighted by Crippen LogP contribution is -2.53. The lowest BCUT2D eigenvalue weighted by Gasteiger charge is -2.42. The molecule has 3 aromatic rings. The van der Waals surface area contributed by atoms with Gasteiger partial charge in [0.1, 0.15) is 6.04 Å². The molecule has 1 amide bonds. The normalized spacial score (nSPS) is 19.4. The lowest BCUT2D eigenvalue weighted by atomic mass is 9.77. The van der Waals surface area contributed by atoms with E-state index in [4.69, 9.17) is 4.74 Å². The molecule has 0 aromatic heterocycles. The predicted octanol–water partition coefficient (Wildman–Crippen LogP) is 5.62. The first-order valence-electron chi connectivity index (χ1n) is 12.1. The number of hydrogen-bond acceptors (Lipinski definition) is 3. The second-order valence-corrected chi connectivity index (χ2v) is 9.20. The van der Waals surface area contributed by atoms with Crippen LogP contribution in [0.4, 0.5) is 0 Å². The summed E-state index contributed by atoms with van der Waals surface area (Å²) in [5, 5.41) is 0. The highest BCUT2D eigenvalue weighted by Gasteiger charge is 2.42. The van der Waals surface area contributed by atoms with Gasteiger partial charge in [-0.2, -0.15) is 0 Å². The van der Waals surface area contributed by atoms with Gasteiger partial charge in [-0.1, -0.05) is 103 Å². The summed E-state index contributed by atoms with van der Waals surface area (Å²) >= 11 is 0. The Balaban J connectivity index is 1.50. The topological polar surface area (TPSA) is 46.6 Å². The summed E-state index contributed by atoms with van der Waals surface area (Å²) in [5.41, 5.74) is 5.48. The number of amides is 1. The van der Waals surface area contributed by atoms with Crippen molar-refractivity contribution in [1.82, 2.24) is 4.90 Å². The van der Waals surface area contributed by atoms with Crippen LogP contribution in [0.15, 0.2) is 109 Å². The van der Waals surface area contributed by atoms with Crippen LogP contribution in [0.1, 0.15) is 35.4 Å². The summed E-state index contributed by atoms with van der Waals surface area (Å²) in [6.07, 6.45) is 5.72. The highest BCUT2D eigenvalue weighted by molar-refractivity contribution is 5.92. The maximum Gasteiger partial charge on any atom is 0.328 e. The fourth-order valence-electron chi connectivity index (χ4n) is 5.32. The number of carbonyl (C=O) groups is 2. The van der Waals surface area contributed by atoms with Gasteiger partial charge in [0, 0.05) is 6.54 Å². The second kappa shape index (κ2) is 10.1. The molecule has 1 aliphatic heterocycles. The van der Waals surface area contributed by atoms with Crippen molar-refractivity contribution in [3.05, 3.63) is 125 Å². The smallest absolute Gasteiger partial charge is 0.328 e. The SMILES string of the molecule is COC(=O)C1CC2CC(c3ccccc3)=CC=C2CN1C(=O)C(c1ccccc1)c1ccccc1. The second-order valence-electron chi connectivity index (χ2n) is 9.20. The molecule has 2 unspecified atom stereocenters. The third kappa shape index (κ3) is 4.69. The van der Waals surface area contributed by atoms with Crippen LogP contribution in [0.5, 0.6) is 0 Å². The van der Waals surface area contributed by atoms with E-state index in [0.29, 0.717) is 13.0 Å². The Morgan fingerprint density at radius 3 is 1.97 bits per heavy atom. The van der Waals surface area contributed by atoms with E-state index in [1.54, 1.807) is 4.90 Å².